The number of piperidine rings is 1. The number of carbonyl (C=O) groups is 1. The second-order valence-electron chi connectivity index (χ2n) is 7.39. The molecule has 1 saturated heterocycles. The molecule has 1 amide bonds. The maximum atomic E-state index is 13.5. The first-order chi connectivity index (χ1) is 12.2. The fraction of sp³-hybridized carbons (Fsp3) is 0.474. The van der Waals surface area contributed by atoms with Crippen molar-refractivity contribution < 1.29 is 18.3 Å². The van der Waals surface area contributed by atoms with Crippen molar-refractivity contribution in [3.05, 3.63) is 40.2 Å². The van der Waals surface area contributed by atoms with E-state index < -0.39 is 17.2 Å². The average molecular weight is 380 g/mol. The molecule has 1 aliphatic heterocycles. The number of hydrogen-bond acceptors (Lipinski definition) is 4. The van der Waals surface area contributed by atoms with Crippen LogP contribution in [0.4, 0.5) is 13.6 Å². The van der Waals surface area contributed by atoms with E-state index in [0.717, 1.165) is 36.4 Å². The number of carbonyl (C=O) groups excluding carboxylic acids is 1. The molecule has 4 nitrogen and oxygen atoms in total. The highest BCUT2D eigenvalue weighted by Crippen LogP contribution is 2.35. The van der Waals surface area contributed by atoms with Gasteiger partial charge in [-0.1, -0.05) is 0 Å². The van der Waals surface area contributed by atoms with E-state index in [0.29, 0.717) is 17.8 Å². The minimum Gasteiger partial charge on any atom is -0.444 e. The molecule has 0 aliphatic carbocycles. The molecule has 0 spiro atoms. The summed E-state index contributed by atoms with van der Waals surface area (Å²) in [4.78, 5) is 18.9. The molecule has 0 bridgehead atoms. The number of nitrogens with zero attached hydrogens (tertiary/aromatic N) is 2. The van der Waals surface area contributed by atoms with Crippen LogP contribution >= 0.6 is 11.3 Å². The second-order valence-corrected chi connectivity index (χ2v) is 8.27. The van der Waals surface area contributed by atoms with E-state index >= 15 is 0 Å². The lowest BCUT2D eigenvalue weighted by molar-refractivity contribution is 0.00949. The van der Waals surface area contributed by atoms with Crippen LogP contribution in [0.1, 0.15) is 51.1 Å². The van der Waals surface area contributed by atoms with Gasteiger partial charge in [-0.15, -0.1) is 11.3 Å². The molecule has 0 N–H and O–H groups in total. The van der Waals surface area contributed by atoms with Gasteiger partial charge in [-0.05, 0) is 58.2 Å². The lowest BCUT2D eigenvalue weighted by Gasteiger charge is -2.35. The summed E-state index contributed by atoms with van der Waals surface area (Å²) in [6.45, 7) is 6.15. The van der Waals surface area contributed by atoms with E-state index in [-0.39, 0.29) is 12.1 Å². The first-order valence-electron chi connectivity index (χ1n) is 8.65. The maximum Gasteiger partial charge on any atom is 0.410 e. The van der Waals surface area contributed by atoms with Crippen molar-refractivity contribution in [3.63, 3.8) is 0 Å². The Balaban J connectivity index is 1.83. The first-order valence-corrected chi connectivity index (χ1v) is 9.53. The Labute approximate surface area is 155 Å². The van der Waals surface area contributed by atoms with E-state index in [4.69, 9.17) is 4.74 Å². The zero-order chi connectivity index (χ0) is 18.9. The van der Waals surface area contributed by atoms with Crippen LogP contribution in [0.5, 0.6) is 0 Å². The summed E-state index contributed by atoms with van der Waals surface area (Å²) in [6, 6.07) is 3.59. The highest BCUT2D eigenvalue weighted by Gasteiger charge is 2.33. The number of aromatic nitrogens is 1. The molecule has 1 aromatic heterocycles. The molecule has 1 aromatic carbocycles. The topological polar surface area (TPSA) is 42.4 Å². The fourth-order valence-electron chi connectivity index (χ4n) is 2.96. The summed E-state index contributed by atoms with van der Waals surface area (Å²) in [6.07, 6.45) is 2.40. The summed E-state index contributed by atoms with van der Waals surface area (Å²) >= 11 is 1.42. The van der Waals surface area contributed by atoms with Crippen molar-refractivity contribution in [3.8, 4) is 11.3 Å². The number of halogens is 2. The van der Waals surface area contributed by atoms with Crippen LogP contribution in [0, 0.1) is 11.6 Å². The Bertz CT molecular complexity index is 801. The Morgan fingerprint density at radius 2 is 2.04 bits per heavy atom. The molecule has 2 aromatic rings. The van der Waals surface area contributed by atoms with E-state index in [2.05, 4.69) is 4.98 Å². The number of amides is 1. The van der Waals surface area contributed by atoms with Gasteiger partial charge >= 0.3 is 6.09 Å². The van der Waals surface area contributed by atoms with Gasteiger partial charge < -0.3 is 4.74 Å². The van der Waals surface area contributed by atoms with Gasteiger partial charge in [0.05, 0.1) is 11.7 Å². The molecule has 2 heterocycles. The fourth-order valence-corrected chi connectivity index (χ4v) is 3.93. The van der Waals surface area contributed by atoms with Crippen LogP contribution in [0.2, 0.25) is 0 Å². The Kier molecular flexibility index (Phi) is 5.27. The van der Waals surface area contributed by atoms with Gasteiger partial charge in [0.2, 0.25) is 0 Å². The Morgan fingerprint density at radius 3 is 2.73 bits per heavy atom. The third-order valence-corrected chi connectivity index (χ3v) is 5.10. The van der Waals surface area contributed by atoms with Gasteiger partial charge in [-0.3, -0.25) is 4.90 Å². The van der Waals surface area contributed by atoms with Crippen LogP contribution < -0.4 is 0 Å². The molecular weight excluding hydrogens is 358 g/mol. The highest BCUT2D eigenvalue weighted by molar-refractivity contribution is 7.10. The number of thiazole rings is 1. The summed E-state index contributed by atoms with van der Waals surface area (Å²) in [5, 5.41) is 2.60. The quantitative estimate of drug-likeness (QED) is 0.686. The van der Waals surface area contributed by atoms with Crippen LogP contribution in [-0.2, 0) is 4.74 Å². The Morgan fingerprint density at radius 1 is 1.27 bits per heavy atom. The lowest BCUT2D eigenvalue weighted by atomic mass is 10.0. The van der Waals surface area contributed by atoms with Crippen LogP contribution in [0.15, 0.2) is 23.6 Å². The normalized spacial score (nSPS) is 18.0. The average Bonchev–Trinajstić information content (AvgIpc) is 3.06. The number of benzene rings is 1. The standard InChI is InChI=1S/C19H22F2N2O2S/c1-19(2,3)25-18(24)23-9-5-4-6-16(23)17-22-15(11-26-17)12-7-8-13(20)14(21)10-12/h7-8,10-11,16H,4-6,9H2,1-3H3. The van der Waals surface area contributed by atoms with Crippen molar-refractivity contribution in [2.24, 2.45) is 0 Å². The molecule has 0 radical (unpaired) electrons. The van der Waals surface area contributed by atoms with Crippen molar-refractivity contribution in [1.82, 2.24) is 9.88 Å². The number of ether oxygens (including phenoxy) is 1. The zero-order valence-electron chi connectivity index (χ0n) is 15.1. The highest BCUT2D eigenvalue weighted by atomic mass is 32.1. The first kappa shape index (κ1) is 18.8. The van der Waals surface area contributed by atoms with Crippen LogP contribution in [-0.4, -0.2) is 28.1 Å². The van der Waals surface area contributed by atoms with Crippen LogP contribution in [0.25, 0.3) is 11.3 Å². The third kappa shape index (κ3) is 4.20. The lowest BCUT2D eigenvalue weighted by Crippen LogP contribution is -2.41. The largest absolute Gasteiger partial charge is 0.444 e. The van der Waals surface area contributed by atoms with E-state index in [1.807, 2.05) is 26.2 Å². The summed E-state index contributed by atoms with van der Waals surface area (Å²) in [5.41, 5.74) is 0.545. The van der Waals surface area contributed by atoms with Crippen molar-refractivity contribution in [2.45, 2.75) is 51.7 Å². The minimum absolute atomic E-state index is 0.150. The second kappa shape index (κ2) is 7.31. The molecular formula is C19H22F2N2O2S. The van der Waals surface area contributed by atoms with E-state index in [9.17, 15) is 13.6 Å². The Hall–Kier alpha value is -2.02. The van der Waals surface area contributed by atoms with E-state index in [1.54, 1.807) is 4.90 Å². The molecule has 1 unspecified atom stereocenters. The molecule has 3 rings (SSSR count). The minimum atomic E-state index is -0.898. The van der Waals surface area contributed by atoms with Gasteiger partial charge in [0.1, 0.15) is 10.6 Å². The smallest absolute Gasteiger partial charge is 0.410 e. The van der Waals surface area contributed by atoms with Gasteiger partial charge in [0, 0.05) is 17.5 Å². The summed E-state index contributed by atoms with van der Waals surface area (Å²) in [5.74, 6) is -1.78. The molecule has 7 heteroatoms. The predicted molar refractivity (Wildman–Crippen MR) is 97.0 cm³/mol. The maximum absolute atomic E-state index is 13.5. The van der Waals surface area contributed by atoms with Crippen molar-refractivity contribution in [2.75, 3.05) is 6.54 Å². The van der Waals surface area contributed by atoms with Gasteiger partial charge in [-0.2, -0.15) is 0 Å². The van der Waals surface area contributed by atoms with Crippen LogP contribution in [0.3, 0.4) is 0 Å². The number of hydrogen-bond donors (Lipinski definition) is 0. The zero-order valence-corrected chi connectivity index (χ0v) is 15.9. The predicted octanol–water partition coefficient (Wildman–Crippen LogP) is 5.55. The molecule has 1 atom stereocenters. The van der Waals surface area contributed by atoms with E-state index in [1.165, 1.54) is 17.4 Å². The summed E-state index contributed by atoms with van der Waals surface area (Å²) < 4.78 is 32.1. The third-order valence-electron chi connectivity index (χ3n) is 4.15. The molecule has 140 valence electrons. The molecule has 0 saturated carbocycles. The van der Waals surface area contributed by atoms with Crippen molar-refractivity contribution >= 4 is 17.4 Å². The monoisotopic (exact) mass is 380 g/mol. The SMILES string of the molecule is CC(C)(C)OC(=O)N1CCCCC1c1nc(-c2ccc(F)c(F)c2)cs1. The van der Waals surface area contributed by atoms with Crippen molar-refractivity contribution in [1.29, 1.82) is 0 Å². The van der Waals surface area contributed by atoms with Gasteiger partial charge in [-0.25, -0.2) is 18.6 Å². The number of rotatable bonds is 2. The summed E-state index contributed by atoms with van der Waals surface area (Å²) in [7, 11) is 0. The molecule has 1 aliphatic rings. The van der Waals surface area contributed by atoms with Gasteiger partial charge in [0.15, 0.2) is 11.6 Å². The molecule has 1 fully saturated rings. The molecule has 26 heavy (non-hydrogen) atoms. The van der Waals surface area contributed by atoms with Gasteiger partial charge in [0.25, 0.3) is 0 Å². The number of likely N-dealkylation sites (tertiary alicyclic amines) is 1.